The Kier molecular flexibility index (Phi) is 5.05. The number of amides is 1. The molecule has 1 heterocycles. The number of nitrogens with zero attached hydrogens (tertiary/aromatic N) is 2. The molecule has 0 aliphatic carbocycles. The van der Waals surface area contributed by atoms with Gasteiger partial charge in [0.25, 0.3) is 5.91 Å². The third-order valence-electron chi connectivity index (χ3n) is 3.22. The van der Waals surface area contributed by atoms with Crippen LogP contribution in [0.2, 0.25) is 10.2 Å². The fourth-order valence-corrected chi connectivity index (χ4v) is 3.22. The minimum Gasteiger partial charge on any atom is -0.329 e. The minimum atomic E-state index is -3.58. The fourth-order valence-electron chi connectivity index (χ4n) is 1.90. The van der Waals surface area contributed by atoms with E-state index in [0.29, 0.717) is 5.69 Å². The average Bonchev–Trinajstić information content (AvgIpc) is 2.75. The van der Waals surface area contributed by atoms with Gasteiger partial charge in [-0.2, -0.15) is 0 Å². The Morgan fingerprint density at radius 1 is 1.22 bits per heavy atom. The number of aromatic nitrogens is 1. The molecule has 0 fully saturated rings. The number of hydrogen-bond acceptors (Lipinski definition) is 3. The van der Waals surface area contributed by atoms with Crippen molar-refractivity contribution in [2.75, 3.05) is 19.4 Å². The molecule has 1 N–H and O–H groups in total. The predicted molar refractivity (Wildman–Crippen MR) is 90.7 cm³/mol. The molecule has 1 amide bonds. The van der Waals surface area contributed by atoms with Crippen molar-refractivity contribution in [1.82, 2.24) is 8.87 Å². The molecule has 0 atom stereocenters. The van der Waals surface area contributed by atoms with E-state index in [0.717, 1.165) is 4.31 Å². The SMILES string of the molecule is CN(C)S(=O)(=O)c1cccc(NC(=O)c2cc(Cl)c(Cl)n2C)c1. The molecule has 9 heteroatoms. The van der Waals surface area contributed by atoms with Crippen LogP contribution in [0, 0.1) is 0 Å². The first-order chi connectivity index (χ1) is 10.6. The molecule has 1 aromatic carbocycles. The number of hydrogen-bond donors (Lipinski definition) is 1. The van der Waals surface area contributed by atoms with Gasteiger partial charge < -0.3 is 9.88 Å². The molecule has 0 aliphatic rings. The van der Waals surface area contributed by atoms with E-state index in [9.17, 15) is 13.2 Å². The summed E-state index contributed by atoms with van der Waals surface area (Å²) in [7, 11) is 0.909. The Labute approximate surface area is 144 Å². The summed E-state index contributed by atoms with van der Waals surface area (Å²) in [6, 6.07) is 7.44. The monoisotopic (exact) mass is 375 g/mol. The smallest absolute Gasteiger partial charge is 0.272 e. The van der Waals surface area contributed by atoms with E-state index in [1.165, 1.54) is 36.9 Å². The Morgan fingerprint density at radius 3 is 2.39 bits per heavy atom. The van der Waals surface area contributed by atoms with Gasteiger partial charge in [0.2, 0.25) is 10.0 Å². The highest BCUT2D eigenvalue weighted by Crippen LogP contribution is 2.26. The number of anilines is 1. The van der Waals surface area contributed by atoms with Crippen molar-refractivity contribution in [3.8, 4) is 0 Å². The van der Waals surface area contributed by atoms with Gasteiger partial charge in [-0.05, 0) is 24.3 Å². The van der Waals surface area contributed by atoms with E-state index in [1.54, 1.807) is 19.2 Å². The quantitative estimate of drug-likeness (QED) is 0.892. The first kappa shape index (κ1) is 17.8. The molecule has 0 spiro atoms. The van der Waals surface area contributed by atoms with Crippen LogP contribution in [0.15, 0.2) is 35.2 Å². The summed E-state index contributed by atoms with van der Waals surface area (Å²) < 4.78 is 26.8. The minimum absolute atomic E-state index is 0.0863. The highest BCUT2D eigenvalue weighted by Gasteiger charge is 2.19. The van der Waals surface area contributed by atoms with E-state index in [4.69, 9.17) is 23.2 Å². The largest absolute Gasteiger partial charge is 0.329 e. The van der Waals surface area contributed by atoms with Crippen molar-refractivity contribution in [3.05, 3.63) is 46.2 Å². The van der Waals surface area contributed by atoms with Crippen LogP contribution >= 0.6 is 23.2 Å². The van der Waals surface area contributed by atoms with E-state index in [2.05, 4.69) is 5.32 Å². The molecular formula is C14H15Cl2N3O3S. The van der Waals surface area contributed by atoms with Crippen LogP contribution in [0.3, 0.4) is 0 Å². The molecule has 0 unspecified atom stereocenters. The second-order valence-electron chi connectivity index (χ2n) is 5.00. The number of rotatable bonds is 4. The van der Waals surface area contributed by atoms with Gasteiger partial charge in [0, 0.05) is 26.8 Å². The predicted octanol–water partition coefficient (Wildman–Crippen LogP) is 2.83. The molecule has 2 rings (SSSR count). The van der Waals surface area contributed by atoms with Gasteiger partial charge in [0.15, 0.2) is 0 Å². The normalized spacial score (nSPS) is 11.7. The maximum atomic E-state index is 12.3. The molecule has 0 saturated heterocycles. The molecule has 0 radical (unpaired) electrons. The van der Waals surface area contributed by atoms with Gasteiger partial charge >= 0.3 is 0 Å². The zero-order chi connectivity index (χ0) is 17.4. The molecule has 6 nitrogen and oxygen atoms in total. The summed E-state index contributed by atoms with van der Waals surface area (Å²) in [6.45, 7) is 0. The van der Waals surface area contributed by atoms with Gasteiger partial charge in [-0.1, -0.05) is 29.3 Å². The second-order valence-corrected chi connectivity index (χ2v) is 7.91. The van der Waals surface area contributed by atoms with Gasteiger partial charge in [-0.15, -0.1) is 0 Å². The molecule has 1 aromatic heterocycles. The number of benzene rings is 1. The van der Waals surface area contributed by atoms with Crippen LogP contribution in [0.4, 0.5) is 5.69 Å². The van der Waals surface area contributed by atoms with Gasteiger partial charge in [0.1, 0.15) is 10.8 Å². The Morgan fingerprint density at radius 2 is 1.87 bits per heavy atom. The van der Waals surface area contributed by atoms with Gasteiger partial charge in [-0.3, -0.25) is 4.79 Å². The number of nitrogens with one attached hydrogen (secondary N) is 1. The zero-order valence-electron chi connectivity index (χ0n) is 12.7. The third kappa shape index (κ3) is 3.53. The van der Waals surface area contributed by atoms with Crippen molar-refractivity contribution in [2.24, 2.45) is 7.05 Å². The van der Waals surface area contributed by atoms with Crippen LogP contribution in [-0.2, 0) is 17.1 Å². The van der Waals surface area contributed by atoms with Crippen LogP contribution in [0.1, 0.15) is 10.5 Å². The fraction of sp³-hybridized carbons (Fsp3) is 0.214. The first-order valence-electron chi connectivity index (χ1n) is 6.49. The molecule has 0 saturated carbocycles. The topological polar surface area (TPSA) is 71.4 Å². The summed E-state index contributed by atoms with van der Waals surface area (Å²) in [4.78, 5) is 12.4. The molecular weight excluding hydrogens is 361 g/mol. The van der Waals surface area contributed by atoms with Crippen molar-refractivity contribution < 1.29 is 13.2 Å². The summed E-state index contributed by atoms with van der Waals surface area (Å²) >= 11 is 11.8. The lowest BCUT2D eigenvalue weighted by molar-refractivity contribution is 0.101. The Hall–Kier alpha value is -1.54. The molecule has 0 aliphatic heterocycles. The van der Waals surface area contributed by atoms with E-state index >= 15 is 0 Å². The third-order valence-corrected chi connectivity index (χ3v) is 5.87. The van der Waals surface area contributed by atoms with E-state index < -0.39 is 15.9 Å². The van der Waals surface area contributed by atoms with Crippen LogP contribution in [-0.4, -0.2) is 37.3 Å². The average molecular weight is 376 g/mol. The molecule has 23 heavy (non-hydrogen) atoms. The summed E-state index contributed by atoms with van der Waals surface area (Å²) in [5.74, 6) is -0.444. The van der Waals surface area contributed by atoms with Crippen LogP contribution in [0.5, 0.6) is 0 Å². The standard InChI is InChI=1S/C14H15Cl2N3O3S/c1-18(2)23(21,22)10-6-4-5-9(7-10)17-14(20)12-8-11(15)13(16)19(12)3/h4-8H,1-3H3,(H,17,20). The lowest BCUT2D eigenvalue weighted by atomic mass is 10.3. The van der Waals surface area contributed by atoms with Crippen molar-refractivity contribution in [1.29, 1.82) is 0 Å². The highest BCUT2D eigenvalue weighted by molar-refractivity contribution is 7.89. The molecule has 124 valence electrons. The first-order valence-corrected chi connectivity index (χ1v) is 8.69. The van der Waals surface area contributed by atoms with Gasteiger partial charge in [0.05, 0.1) is 9.92 Å². The number of halogens is 2. The zero-order valence-corrected chi connectivity index (χ0v) is 15.0. The lowest BCUT2D eigenvalue weighted by Crippen LogP contribution is -2.22. The maximum Gasteiger partial charge on any atom is 0.272 e. The summed E-state index contributed by atoms with van der Waals surface area (Å²) in [6.07, 6.45) is 0. The van der Waals surface area contributed by atoms with Crippen LogP contribution < -0.4 is 5.32 Å². The molecule has 0 bridgehead atoms. The highest BCUT2D eigenvalue weighted by atomic mass is 35.5. The molecule has 2 aromatic rings. The number of carbonyl (C=O) groups is 1. The summed E-state index contributed by atoms with van der Waals surface area (Å²) in [5, 5.41) is 3.15. The second kappa shape index (κ2) is 6.52. The number of carbonyl (C=O) groups excluding carboxylic acids is 1. The van der Waals surface area contributed by atoms with Crippen molar-refractivity contribution >= 4 is 44.8 Å². The van der Waals surface area contributed by atoms with E-state index in [-0.39, 0.29) is 20.8 Å². The summed E-state index contributed by atoms with van der Waals surface area (Å²) in [5.41, 5.74) is 0.618. The van der Waals surface area contributed by atoms with Crippen molar-refractivity contribution in [2.45, 2.75) is 4.90 Å². The Balaban J connectivity index is 2.31. The Bertz CT molecular complexity index is 860. The lowest BCUT2D eigenvalue weighted by Gasteiger charge is -2.13. The van der Waals surface area contributed by atoms with Crippen LogP contribution in [0.25, 0.3) is 0 Å². The maximum absolute atomic E-state index is 12.3. The van der Waals surface area contributed by atoms with E-state index in [1.807, 2.05) is 0 Å². The van der Waals surface area contributed by atoms with Crippen molar-refractivity contribution in [3.63, 3.8) is 0 Å². The number of sulfonamides is 1. The van der Waals surface area contributed by atoms with Gasteiger partial charge in [-0.25, -0.2) is 12.7 Å².